The summed E-state index contributed by atoms with van der Waals surface area (Å²) < 4.78 is 1.33. The van der Waals surface area contributed by atoms with E-state index < -0.39 is 0 Å². The van der Waals surface area contributed by atoms with Crippen LogP contribution in [-0.2, 0) is 4.79 Å². The maximum absolute atomic E-state index is 13.1. The number of anilines is 1. The van der Waals surface area contributed by atoms with E-state index in [4.69, 9.17) is 0 Å². The zero-order chi connectivity index (χ0) is 21.5. The number of hydrogen-bond donors (Lipinski definition) is 0. The summed E-state index contributed by atoms with van der Waals surface area (Å²) in [5.41, 5.74) is 2.65. The molecule has 3 aromatic rings. The number of carbonyl (C=O) groups excluding carboxylic acids is 1. The Morgan fingerprint density at radius 2 is 1.91 bits per heavy atom. The molecule has 2 atom stereocenters. The molecule has 3 aliphatic heterocycles. The van der Waals surface area contributed by atoms with Gasteiger partial charge in [0.1, 0.15) is 0 Å². The average Bonchev–Trinajstić information content (AvgIpc) is 3.41. The Bertz CT molecular complexity index is 1150. The maximum Gasteiger partial charge on any atom is 0.237 e. The molecule has 164 valence electrons. The van der Waals surface area contributed by atoms with Crippen molar-refractivity contribution in [1.82, 2.24) is 19.8 Å². The number of rotatable bonds is 4. The van der Waals surface area contributed by atoms with Crippen LogP contribution < -0.4 is 4.90 Å². The lowest BCUT2D eigenvalue weighted by Gasteiger charge is -2.41. The lowest BCUT2D eigenvalue weighted by atomic mass is 9.98. The number of hydrogen-bond acceptors (Lipinski definition) is 6. The van der Waals surface area contributed by atoms with Gasteiger partial charge in [0.25, 0.3) is 0 Å². The monoisotopic (exact) mass is 445 g/mol. The van der Waals surface area contributed by atoms with E-state index in [9.17, 15) is 4.79 Å². The van der Waals surface area contributed by atoms with Gasteiger partial charge >= 0.3 is 0 Å². The summed E-state index contributed by atoms with van der Waals surface area (Å²) in [5.74, 6) is 1.08. The summed E-state index contributed by atoms with van der Waals surface area (Å²) in [5, 5.41) is 3.45. The van der Waals surface area contributed by atoms with Crippen molar-refractivity contribution >= 4 is 38.9 Å². The first-order valence-corrected chi connectivity index (χ1v) is 12.3. The molecule has 2 aromatic heterocycles. The summed E-state index contributed by atoms with van der Waals surface area (Å²) in [4.78, 5) is 28.7. The Hall–Kier alpha value is -2.77. The lowest BCUT2D eigenvalue weighted by Crippen LogP contribution is -2.56. The standard InChI is InChI=1S/C25H27N5OS/c31-24(17-28-15-21-3-4-22(16-28)30(21)25-26-9-1-10-27-25)29-11-6-18(7-12-29)19-2-5-23-20(14-19)8-13-32-23/h1-2,5-6,8-10,13-14,21-22H,3-4,7,11-12,15-17H2. The zero-order valence-corrected chi connectivity index (χ0v) is 18.9. The van der Waals surface area contributed by atoms with E-state index in [1.807, 2.05) is 23.4 Å². The molecule has 3 aliphatic rings. The van der Waals surface area contributed by atoms with Crippen LogP contribution in [0.4, 0.5) is 5.95 Å². The molecule has 0 aliphatic carbocycles. The van der Waals surface area contributed by atoms with Gasteiger partial charge in [-0.05, 0) is 65.4 Å². The van der Waals surface area contributed by atoms with Crippen molar-refractivity contribution in [3.63, 3.8) is 0 Å². The van der Waals surface area contributed by atoms with Gasteiger partial charge in [0.05, 0.1) is 6.54 Å². The molecule has 1 aromatic carbocycles. The van der Waals surface area contributed by atoms with E-state index in [2.05, 4.69) is 55.5 Å². The summed E-state index contributed by atoms with van der Waals surface area (Å²) >= 11 is 1.78. The van der Waals surface area contributed by atoms with Gasteiger partial charge in [-0.3, -0.25) is 9.69 Å². The minimum Gasteiger partial charge on any atom is -0.338 e. The Morgan fingerprint density at radius 3 is 2.66 bits per heavy atom. The largest absolute Gasteiger partial charge is 0.338 e. The third kappa shape index (κ3) is 3.69. The first-order chi connectivity index (χ1) is 15.7. The number of piperazine rings is 1. The molecule has 2 saturated heterocycles. The molecule has 7 heteroatoms. The molecule has 2 bridgehead atoms. The number of carbonyl (C=O) groups is 1. The fourth-order valence-corrected chi connectivity index (χ4v) is 6.26. The Kier molecular flexibility index (Phi) is 5.15. The van der Waals surface area contributed by atoms with Gasteiger partial charge in [-0.1, -0.05) is 12.1 Å². The Labute approximate surface area is 192 Å². The van der Waals surface area contributed by atoms with Gasteiger partial charge in [-0.15, -0.1) is 11.3 Å². The van der Waals surface area contributed by atoms with E-state index in [0.717, 1.165) is 44.8 Å². The summed E-state index contributed by atoms with van der Waals surface area (Å²) in [6.07, 6.45) is 9.09. The molecule has 2 unspecified atom stereocenters. The number of nitrogens with zero attached hydrogens (tertiary/aromatic N) is 5. The SMILES string of the molecule is O=C(CN1CC2CCC(C1)N2c1ncccn1)N1CC=C(c2ccc3sccc3c2)CC1. The van der Waals surface area contributed by atoms with Gasteiger partial charge in [0.2, 0.25) is 11.9 Å². The molecule has 0 saturated carbocycles. The van der Waals surface area contributed by atoms with Crippen molar-refractivity contribution in [2.24, 2.45) is 0 Å². The van der Waals surface area contributed by atoms with Crippen LogP contribution in [0.25, 0.3) is 15.7 Å². The number of fused-ring (bicyclic) bond motifs is 3. The van der Waals surface area contributed by atoms with E-state index in [-0.39, 0.29) is 5.91 Å². The maximum atomic E-state index is 13.1. The quantitative estimate of drug-likeness (QED) is 0.614. The fraction of sp³-hybridized carbons (Fsp3) is 0.400. The topological polar surface area (TPSA) is 52.6 Å². The van der Waals surface area contributed by atoms with Crippen molar-refractivity contribution in [3.05, 3.63) is 59.7 Å². The molecule has 1 amide bonds. The summed E-state index contributed by atoms with van der Waals surface area (Å²) in [7, 11) is 0. The Morgan fingerprint density at radius 1 is 1.09 bits per heavy atom. The van der Waals surface area contributed by atoms with Crippen LogP contribution in [0, 0.1) is 0 Å². The van der Waals surface area contributed by atoms with Gasteiger partial charge in [0.15, 0.2) is 0 Å². The second-order valence-electron chi connectivity index (χ2n) is 9.03. The number of likely N-dealkylation sites (tertiary alicyclic amines) is 1. The van der Waals surface area contributed by atoms with Gasteiger partial charge < -0.3 is 9.80 Å². The van der Waals surface area contributed by atoms with Crippen molar-refractivity contribution in [2.75, 3.05) is 37.6 Å². The highest BCUT2D eigenvalue weighted by atomic mass is 32.1. The Balaban J connectivity index is 1.08. The first kappa shape index (κ1) is 19.9. The van der Waals surface area contributed by atoms with Crippen LogP contribution in [0.3, 0.4) is 0 Å². The second-order valence-corrected chi connectivity index (χ2v) is 9.98. The lowest BCUT2D eigenvalue weighted by molar-refractivity contribution is -0.132. The van der Waals surface area contributed by atoms with Crippen LogP contribution >= 0.6 is 11.3 Å². The normalized spacial score (nSPS) is 23.6. The third-order valence-corrected chi connectivity index (χ3v) is 7.98. The van der Waals surface area contributed by atoms with Crippen molar-refractivity contribution < 1.29 is 4.79 Å². The predicted molar refractivity (Wildman–Crippen MR) is 129 cm³/mol. The van der Waals surface area contributed by atoms with E-state index >= 15 is 0 Å². The highest BCUT2D eigenvalue weighted by Crippen LogP contribution is 2.33. The van der Waals surface area contributed by atoms with Gasteiger partial charge in [-0.25, -0.2) is 9.97 Å². The number of thiophene rings is 1. The predicted octanol–water partition coefficient (Wildman–Crippen LogP) is 3.66. The van der Waals surface area contributed by atoms with Crippen LogP contribution in [0.1, 0.15) is 24.8 Å². The van der Waals surface area contributed by atoms with Crippen molar-refractivity contribution in [3.8, 4) is 0 Å². The first-order valence-electron chi connectivity index (χ1n) is 11.5. The zero-order valence-electron chi connectivity index (χ0n) is 18.1. The number of aromatic nitrogens is 2. The molecule has 6 rings (SSSR count). The van der Waals surface area contributed by atoms with Crippen molar-refractivity contribution in [2.45, 2.75) is 31.3 Å². The minimum absolute atomic E-state index is 0.248. The molecule has 0 N–H and O–H groups in total. The van der Waals surface area contributed by atoms with E-state index in [0.29, 0.717) is 25.2 Å². The molecular formula is C25H27N5OS. The number of amides is 1. The second kappa shape index (κ2) is 8.30. The highest BCUT2D eigenvalue weighted by Gasteiger charge is 2.41. The molecular weight excluding hydrogens is 418 g/mol. The summed E-state index contributed by atoms with van der Waals surface area (Å²) in [6.45, 7) is 3.85. The van der Waals surface area contributed by atoms with Crippen LogP contribution in [0.5, 0.6) is 0 Å². The highest BCUT2D eigenvalue weighted by molar-refractivity contribution is 7.17. The van der Waals surface area contributed by atoms with Gasteiger partial charge in [-0.2, -0.15) is 0 Å². The molecule has 0 spiro atoms. The van der Waals surface area contributed by atoms with E-state index in [1.165, 1.54) is 21.2 Å². The molecule has 6 nitrogen and oxygen atoms in total. The van der Waals surface area contributed by atoms with Crippen molar-refractivity contribution in [1.29, 1.82) is 0 Å². The van der Waals surface area contributed by atoms with E-state index in [1.54, 1.807) is 11.3 Å². The van der Waals surface area contributed by atoms with Crippen LogP contribution in [-0.4, -0.2) is 70.5 Å². The average molecular weight is 446 g/mol. The molecule has 2 fully saturated rings. The minimum atomic E-state index is 0.248. The number of benzene rings is 1. The molecule has 32 heavy (non-hydrogen) atoms. The van der Waals surface area contributed by atoms with Crippen LogP contribution in [0.15, 0.2) is 54.2 Å². The van der Waals surface area contributed by atoms with Crippen LogP contribution in [0.2, 0.25) is 0 Å². The fourth-order valence-electron chi connectivity index (χ4n) is 5.49. The van der Waals surface area contributed by atoms with Gasteiger partial charge in [0, 0.05) is 55.4 Å². The summed E-state index contributed by atoms with van der Waals surface area (Å²) in [6, 6.07) is 11.6. The molecule has 0 radical (unpaired) electrons. The smallest absolute Gasteiger partial charge is 0.237 e. The molecule has 5 heterocycles. The third-order valence-electron chi connectivity index (χ3n) is 7.08.